The minimum Gasteiger partial charge on any atom is -0.497 e. The van der Waals surface area contributed by atoms with Crippen LogP contribution in [-0.2, 0) is 6.42 Å². The summed E-state index contributed by atoms with van der Waals surface area (Å²) in [5.41, 5.74) is 2.55. The summed E-state index contributed by atoms with van der Waals surface area (Å²) >= 11 is 0. The van der Waals surface area contributed by atoms with Crippen LogP contribution in [0, 0.1) is 5.92 Å². The van der Waals surface area contributed by atoms with Gasteiger partial charge in [0.1, 0.15) is 5.75 Å². The number of nitrogens with zero attached hydrogens (tertiary/aromatic N) is 1. The van der Waals surface area contributed by atoms with Crippen molar-refractivity contribution in [3.8, 4) is 5.75 Å². The summed E-state index contributed by atoms with van der Waals surface area (Å²) in [6.07, 6.45) is 1.99. The lowest BCUT2D eigenvalue weighted by Gasteiger charge is -2.17. The fourth-order valence-electron chi connectivity index (χ4n) is 3.31. The van der Waals surface area contributed by atoms with E-state index in [9.17, 15) is 9.59 Å². The van der Waals surface area contributed by atoms with Crippen molar-refractivity contribution in [2.75, 3.05) is 20.2 Å². The van der Waals surface area contributed by atoms with Gasteiger partial charge in [-0.1, -0.05) is 24.3 Å². The van der Waals surface area contributed by atoms with Crippen molar-refractivity contribution >= 4 is 11.7 Å². The Kier molecular flexibility index (Phi) is 5.17. The fourth-order valence-corrected chi connectivity index (χ4v) is 3.31. The molecule has 3 rings (SSSR count). The van der Waals surface area contributed by atoms with Gasteiger partial charge in [0.05, 0.1) is 7.11 Å². The minimum atomic E-state index is 0.0136. The van der Waals surface area contributed by atoms with Crippen molar-refractivity contribution in [1.82, 2.24) is 4.90 Å². The molecule has 25 heavy (non-hydrogen) atoms. The highest BCUT2D eigenvalue weighted by molar-refractivity contribution is 5.97. The van der Waals surface area contributed by atoms with E-state index in [0.717, 1.165) is 31.7 Å². The van der Waals surface area contributed by atoms with Crippen LogP contribution in [0.2, 0.25) is 0 Å². The standard InChI is InChI=1S/C21H23NO3/c1-15(23)18-5-7-19(8-6-18)21(24)22-12-11-17(14-22)13-16-3-9-20(25-2)10-4-16/h3-10,17H,11-14H2,1-2H3. The number of ketones is 1. The molecule has 0 saturated carbocycles. The lowest BCUT2D eigenvalue weighted by molar-refractivity contribution is 0.0786. The van der Waals surface area contributed by atoms with Crippen molar-refractivity contribution < 1.29 is 14.3 Å². The maximum atomic E-state index is 12.6. The third-order valence-corrected chi connectivity index (χ3v) is 4.79. The second-order valence-corrected chi connectivity index (χ2v) is 6.59. The van der Waals surface area contributed by atoms with Gasteiger partial charge in [-0.15, -0.1) is 0 Å². The molecular formula is C21H23NO3. The van der Waals surface area contributed by atoms with Crippen LogP contribution in [0.25, 0.3) is 0 Å². The van der Waals surface area contributed by atoms with Gasteiger partial charge in [-0.3, -0.25) is 9.59 Å². The Balaban J connectivity index is 1.59. The molecule has 1 unspecified atom stereocenters. The van der Waals surface area contributed by atoms with Crippen molar-refractivity contribution in [2.24, 2.45) is 5.92 Å². The maximum Gasteiger partial charge on any atom is 0.253 e. The normalized spacial score (nSPS) is 16.7. The third-order valence-electron chi connectivity index (χ3n) is 4.79. The molecule has 2 aromatic rings. The van der Waals surface area contributed by atoms with E-state index in [-0.39, 0.29) is 11.7 Å². The smallest absolute Gasteiger partial charge is 0.253 e. The molecule has 0 radical (unpaired) electrons. The number of amides is 1. The molecule has 4 nitrogen and oxygen atoms in total. The number of hydrogen-bond donors (Lipinski definition) is 0. The van der Waals surface area contributed by atoms with Gasteiger partial charge < -0.3 is 9.64 Å². The van der Waals surface area contributed by atoms with E-state index in [2.05, 4.69) is 12.1 Å². The SMILES string of the molecule is COc1ccc(CC2CCN(C(=O)c3ccc(C(C)=O)cc3)C2)cc1. The van der Waals surface area contributed by atoms with E-state index in [0.29, 0.717) is 17.0 Å². The number of benzene rings is 2. The first-order valence-corrected chi connectivity index (χ1v) is 8.60. The molecule has 0 aromatic heterocycles. The quantitative estimate of drug-likeness (QED) is 0.783. The molecule has 1 amide bonds. The molecule has 1 saturated heterocycles. The molecular weight excluding hydrogens is 314 g/mol. The summed E-state index contributed by atoms with van der Waals surface area (Å²) in [4.78, 5) is 25.9. The van der Waals surface area contributed by atoms with Gasteiger partial charge in [-0.25, -0.2) is 0 Å². The first-order chi connectivity index (χ1) is 12.1. The summed E-state index contributed by atoms with van der Waals surface area (Å²) in [6.45, 7) is 3.09. The van der Waals surface area contributed by atoms with Crippen molar-refractivity contribution in [2.45, 2.75) is 19.8 Å². The largest absolute Gasteiger partial charge is 0.497 e. The molecule has 1 aliphatic rings. The number of Topliss-reactive ketones (excluding diaryl/α,β-unsaturated/α-hetero) is 1. The number of carbonyl (C=O) groups excluding carboxylic acids is 2. The van der Waals surface area contributed by atoms with Crippen molar-refractivity contribution in [1.29, 1.82) is 0 Å². The lowest BCUT2D eigenvalue weighted by Crippen LogP contribution is -2.28. The molecule has 1 heterocycles. The predicted octanol–water partition coefficient (Wildman–Crippen LogP) is 3.60. The average molecular weight is 337 g/mol. The fraction of sp³-hybridized carbons (Fsp3) is 0.333. The highest BCUT2D eigenvalue weighted by atomic mass is 16.5. The van der Waals surface area contributed by atoms with E-state index in [1.54, 1.807) is 31.4 Å². The Bertz CT molecular complexity index is 750. The molecule has 1 fully saturated rings. The van der Waals surface area contributed by atoms with Crippen LogP contribution in [-0.4, -0.2) is 36.8 Å². The van der Waals surface area contributed by atoms with Gasteiger partial charge in [-0.2, -0.15) is 0 Å². The van der Waals surface area contributed by atoms with Crippen LogP contribution in [0.3, 0.4) is 0 Å². The average Bonchev–Trinajstić information content (AvgIpc) is 3.10. The predicted molar refractivity (Wildman–Crippen MR) is 97.2 cm³/mol. The van der Waals surface area contributed by atoms with Crippen LogP contribution in [0.1, 0.15) is 39.6 Å². The van der Waals surface area contributed by atoms with E-state index < -0.39 is 0 Å². The number of hydrogen-bond acceptors (Lipinski definition) is 3. The van der Waals surface area contributed by atoms with Gasteiger partial charge in [-0.05, 0) is 55.5 Å². The van der Waals surface area contributed by atoms with E-state index in [4.69, 9.17) is 4.74 Å². The molecule has 0 bridgehead atoms. The summed E-state index contributed by atoms with van der Waals surface area (Å²) in [5, 5.41) is 0. The summed E-state index contributed by atoms with van der Waals surface area (Å²) in [5.74, 6) is 1.40. The van der Waals surface area contributed by atoms with E-state index >= 15 is 0 Å². The second-order valence-electron chi connectivity index (χ2n) is 6.59. The molecule has 0 N–H and O–H groups in total. The molecule has 130 valence electrons. The zero-order valence-corrected chi connectivity index (χ0v) is 14.7. The van der Waals surface area contributed by atoms with Crippen LogP contribution >= 0.6 is 0 Å². The summed E-state index contributed by atoms with van der Waals surface area (Å²) < 4.78 is 5.19. The van der Waals surface area contributed by atoms with Crippen molar-refractivity contribution in [3.05, 3.63) is 65.2 Å². The van der Waals surface area contributed by atoms with Gasteiger partial charge in [0.25, 0.3) is 5.91 Å². The molecule has 2 aromatic carbocycles. The molecule has 0 spiro atoms. The molecule has 1 atom stereocenters. The number of rotatable bonds is 5. The van der Waals surface area contributed by atoms with E-state index in [1.807, 2.05) is 17.0 Å². The van der Waals surface area contributed by atoms with Gasteiger partial charge in [0.2, 0.25) is 0 Å². The number of carbonyl (C=O) groups is 2. The van der Waals surface area contributed by atoms with Crippen LogP contribution in [0.15, 0.2) is 48.5 Å². The van der Waals surface area contributed by atoms with Gasteiger partial charge in [0, 0.05) is 24.2 Å². The van der Waals surface area contributed by atoms with Crippen LogP contribution < -0.4 is 4.74 Å². The minimum absolute atomic E-state index is 0.0136. The number of ether oxygens (including phenoxy) is 1. The first kappa shape index (κ1) is 17.2. The third kappa shape index (κ3) is 4.08. The molecule has 0 aliphatic carbocycles. The highest BCUT2D eigenvalue weighted by Gasteiger charge is 2.27. The zero-order valence-electron chi connectivity index (χ0n) is 14.7. The summed E-state index contributed by atoms with van der Waals surface area (Å²) in [6, 6.07) is 15.1. The Labute approximate surface area is 148 Å². The maximum absolute atomic E-state index is 12.6. The van der Waals surface area contributed by atoms with E-state index in [1.165, 1.54) is 12.5 Å². The molecule has 1 aliphatic heterocycles. The monoisotopic (exact) mass is 337 g/mol. The Morgan fingerprint density at radius 2 is 1.68 bits per heavy atom. The second kappa shape index (κ2) is 7.51. The lowest BCUT2D eigenvalue weighted by atomic mass is 9.99. The van der Waals surface area contributed by atoms with Gasteiger partial charge >= 0.3 is 0 Å². The number of methoxy groups -OCH3 is 1. The molecule has 4 heteroatoms. The van der Waals surface area contributed by atoms with Crippen LogP contribution in [0.5, 0.6) is 5.75 Å². The topological polar surface area (TPSA) is 46.6 Å². The number of likely N-dealkylation sites (tertiary alicyclic amines) is 1. The van der Waals surface area contributed by atoms with Gasteiger partial charge in [0.15, 0.2) is 5.78 Å². The van der Waals surface area contributed by atoms with Crippen LogP contribution in [0.4, 0.5) is 0 Å². The highest BCUT2D eigenvalue weighted by Crippen LogP contribution is 2.23. The summed E-state index contributed by atoms with van der Waals surface area (Å²) in [7, 11) is 1.67. The Morgan fingerprint density at radius 3 is 2.28 bits per heavy atom. The Morgan fingerprint density at radius 1 is 1.04 bits per heavy atom. The van der Waals surface area contributed by atoms with Crippen molar-refractivity contribution in [3.63, 3.8) is 0 Å². The zero-order chi connectivity index (χ0) is 17.8. The first-order valence-electron chi connectivity index (χ1n) is 8.60. The Hall–Kier alpha value is -2.62.